The van der Waals surface area contributed by atoms with Crippen LogP contribution in [0.2, 0.25) is 5.02 Å². The van der Waals surface area contributed by atoms with Crippen molar-refractivity contribution < 1.29 is 9.89 Å². The zero-order valence-electron chi connectivity index (χ0n) is 11.0. The second kappa shape index (κ2) is 8.80. The Morgan fingerprint density at radius 2 is 1.62 bits per heavy atom. The van der Waals surface area contributed by atoms with Crippen LogP contribution in [0, 0.1) is 0 Å². The summed E-state index contributed by atoms with van der Waals surface area (Å²) in [7, 11) is 0. The molecule has 0 unspecified atom stereocenters. The van der Waals surface area contributed by atoms with Gasteiger partial charge in [-0.15, -0.1) is 24.8 Å². The van der Waals surface area contributed by atoms with Crippen LogP contribution in [0.1, 0.15) is 5.56 Å². The monoisotopic (exact) mass is 347 g/mol. The van der Waals surface area contributed by atoms with Crippen LogP contribution < -0.4 is 5.32 Å². The van der Waals surface area contributed by atoms with Gasteiger partial charge in [0.2, 0.25) is 0 Å². The first-order valence-corrected chi connectivity index (χ1v) is 6.16. The average molecular weight is 349 g/mol. The fourth-order valence-electron chi connectivity index (χ4n) is 1.86. The number of benzene rings is 2. The highest BCUT2D eigenvalue weighted by Crippen LogP contribution is 2.23. The zero-order chi connectivity index (χ0) is 12.4. The van der Waals surface area contributed by atoms with Gasteiger partial charge in [0.05, 0.1) is 0 Å². The van der Waals surface area contributed by atoms with Crippen molar-refractivity contribution in [3.8, 4) is 0 Å². The number of halogens is 3. The van der Waals surface area contributed by atoms with Crippen molar-refractivity contribution in [2.75, 3.05) is 5.32 Å². The summed E-state index contributed by atoms with van der Waals surface area (Å²) in [6.45, 7) is 0.719. The molecule has 0 radical (unpaired) electrons. The fourth-order valence-corrected chi connectivity index (χ4v) is 1.99. The molecule has 114 valence electrons. The first-order chi connectivity index (χ1) is 8.81. The Hall–Kier alpha value is -1.39. The molecule has 2 aromatic carbocycles. The standard InChI is InChI=1S/C15H12ClNO.2ClH.H2O/c16-13-7-5-11(6-8-13)10-17-15-9-12-3-1-2-4-14(12)18-15;;;/h1-9,17H,10H2;2*1H;1H2. The fraction of sp³-hybridized carbons (Fsp3) is 0.0667. The average Bonchev–Trinajstić information content (AvgIpc) is 2.81. The number of nitrogens with one attached hydrogen (secondary N) is 1. The maximum absolute atomic E-state index is 5.84. The predicted octanol–water partition coefficient (Wildman–Crippen LogP) is 4.72. The first-order valence-electron chi connectivity index (χ1n) is 5.78. The van der Waals surface area contributed by atoms with Crippen LogP contribution in [-0.2, 0) is 6.54 Å². The molecular weight excluding hydrogens is 333 g/mol. The van der Waals surface area contributed by atoms with Gasteiger partial charge in [-0.3, -0.25) is 0 Å². The van der Waals surface area contributed by atoms with Gasteiger partial charge in [-0.25, -0.2) is 0 Å². The van der Waals surface area contributed by atoms with Crippen LogP contribution in [-0.4, -0.2) is 5.48 Å². The second-order valence-corrected chi connectivity index (χ2v) is 4.56. The maximum Gasteiger partial charge on any atom is 0.194 e. The summed E-state index contributed by atoms with van der Waals surface area (Å²) in [6.07, 6.45) is 0. The molecule has 3 N–H and O–H groups in total. The van der Waals surface area contributed by atoms with E-state index in [9.17, 15) is 0 Å². The van der Waals surface area contributed by atoms with E-state index in [4.69, 9.17) is 16.0 Å². The normalized spacial score (nSPS) is 9.19. The van der Waals surface area contributed by atoms with Gasteiger partial charge in [0.1, 0.15) is 5.58 Å². The van der Waals surface area contributed by atoms with Gasteiger partial charge in [0, 0.05) is 23.0 Å². The number of furan rings is 1. The molecule has 0 bridgehead atoms. The molecule has 1 aromatic heterocycles. The van der Waals surface area contributed by atoms with Gasteiger partial charge in [-0.1, -0.05) is 41.9 Å². The summed E-state index contributed by atoms with van der Waals surface area (Å²) in [5.74, 6) is 0.783. The van der Waals surface area contributed by atoms with Crippen molar-refractivity contribution in [2.45, 2.75) is 6.54 Å². The van der Waals surface area contributed by atoms with Gasteiger partial charge in [0.15, 0.2) is 5.88 Å². The lowest BCUT2D eigenvalue weighted by molar-refractivity contribution is 0.626. The first kappa shape index (κ1) is 19.6. The summed E-state index contributed by atoms with van der Waals surface area (Å²) in [6, 6.07) is 17.7. The van der Waals surface area contributed by atoms with Gasteiger partial charge < -0.3 is 15.2 Å². The molecule has 0 aliphatic heterocycles. The molecule has 3 nitrogen and oxygen atoms in total. The number of hydrogen-bond donors (Lipinski definition) is 1. The Balaban J connectivity index is 0.00000133. The third kappa shape index (κ3) is 4.83. The predicted molar refractivity (Wildman–Crippen MR) is 93.1 cm³/mol. The van der Waals surface area contributed by atoms with Crippen LogP contribution in [0.4, 0.5) is 5.88 Å². The molecule has 0 aliphatic rings. The molecule has 3 rings (SSSR count). The summed E-state index contributed by atoms with van der Waals surface area (Å²) in [5, 5.41) is 5.12. The number of rotatable bonds is 3. The van der Waals surface area contributed by atoms with Gasteiger partial charge in [0.25, 0.3) is 0 Å². The third-order valence-electron chi connectivity index (χ3n) is 2.81. The Morgan fingerprint density at radius 3 is 2.29 bits per heavy atom. The van der Waals surface area contributed by atoms with E-state index in [-0.39, 0.29) is 30.3 Å². The summed E-state index contributed by atoms with van der Waals surface area (Å²) in [4.78, 5) is 0. The number of para-hydroxylation sites is 1. The zero-order valence-corrected chi connectivity index (χ0v) is 13.4. The minimum atomic E-state index is 0. The topological polar surface area (TPSA) is 56.7 Å². The van der Waals surface area contributed by atoms with Crippen molar-refractivity contribution in [3.05, 3.63) is 65.2 Å². The quantitative estimate of drug-likeness (QED) is 0.744. The van der Waals surface area contributed by atoms with Crippen LogP contribution in [0.5, 0.6) is 0 Å². The van der Waals surface area contributed by atoms with Gasteiger partial charge in [-0.05, 0) is 23.8 Å². The molecule has 0 amide bonds. The lowest BCUT2D eigenvalue weighted by Gasteiger charge is -2.02. The summed E-state index contributed by atoms with van der Waals surface area (Å²) >= 11 is 5.84. The molecule has 3 aromatic rings. The van der Waals surface area contributed by atoms with Crippen molar-refractivity contribution in [1.82, 2.24) is 0 Å². The smallest absolute Gasteiger partial charge is 0.194 e. The van der Waals surface area contributed by atoms with Gasteiger partial charge >= 0.3 is 0 Å². The minimum Gasteiger partial charge on any atom is -0.441 e. The van der Waals surface area contributed by atoms with Gasteiger partial charge in [-0.2, -0.15) is 0 Å². The van der Waals surface area contributed by atoms with E-state index in [0.717, 1.165) is 28.4 Å². The number of fused-ring (bicyclic) bond motifs is 1. The summed E-state index contributed by atoms with van der Waals surface area (Å²) < 4.78 is 5.68. The highest BCUT2D eigenvalue weighted by Gasteiger charge is 2.02. The molecule has 0 atom stereocenters. The Bertz CT molecular complexity index is 635. The second-order valence-electron chi connectivity index (χ2n) is 4.13. The summed E-state index contributed by atoms with van der Waals surface area (Å²) in [5.41, 5.74) is 2.07. The molecule has 0 fully saturated rings. The lowest BCUT2D eigenvalue weighted by Crippen LogP contribution is -1.97. The Morgan fingerprint density at radius 1 is 0.952 bits per heavy atom. The van der Waals surface area contributed by atoms with E-state index >= 15 is 0 Å². The van der Waals surface area contributed by atoms with Crippen LogP contribution in [0.25, 0.3) is 11.0 Å². The Kier molecular flexibility index (Phi) is 8.22. The van der Waals surface area contributed by atoms with E-state index in [1.807, 2.05) is 54.6 Å². The van der Waals surface area contributed by atoms with E-state index in [2.05, 4.69) is 5.32 Å². The van der Waals surface area contributed by atoms with E-state index in [1.165, 1.54) is 5.56 Å². The van der Waals surface area contributed by atoms with E-state index in [0.29, 0.717) is 0 Å². The van der Waals surface area contributed by atoms with Crippen molar-refractivity contribution in [3.63, 3.8) is 0 Å². The maximum atomic E-state index is 5.84. The SMILES string of the molecule is Cl.Cl.Clc1ccc(CNc2cc3ccccc3o2)cc1.O. The highest BCUT2D eigenvalue weighted by atomic mass is 35.5. The number of hydrogen-bond acceptors (Lipinski definition) is 2. The lowest BCUT2D eigenvalue weighted by atomic mass is 10.2. The molecule has 0 saturated carbocycles. The Labute approximate surface area is 140 Å². The van der Waals surface area contributed by atoms with E-state index in [1.54, 1.807) is 0 Å². The molecule has 6 heteroatoms. The largest absolute Gasteiger partial charge is 0.441 e. The molecule has 21 heavy (non-hydrogen) atoms. The van der Waals surface area contributed by atoms with Crippen LogP contribution >= 0.6 is 36.4 Å². The molecule has 1 heterocycles. The number of anilines is 1. The van der Waals surface area contributed by atoms with Crippen molar-refractivity contribution in [1.29, 1.82) is 0 Å². The van der Waals surface area contributed by atoms with E-state index < -0.39 is 0 Å². The van der Waals surface area contributed by atoms with Crippen molar-refractivity contribution >= 4 is 53.3 Å². The molecule has 0 saturated heterocycles. The van der Waals surface area contributed by atoms with Crippen LogP contribution in [0.3, 0.4) is 0 Å². The molecule has 0 aliphatic carbocycles. The van der Waals surface area contributed by atoms with Crippen LogP contribution in [0.15, 0.2) is 59.0 Å². The molecule has 0 spiro atoms. The third-order valence-corrected chi connectivity index (χ3v) is 3.06. The van der Waals surface area contributed by atoms with Crippen molar-refractivity contribution in [2.24, 2.45) is 0 Å². The molecular formula is C15H16Cl3NO2. The highest BCUT2D eigenvalue weighted by molar-refractivity contribution is 6.30. The minimum absolute atomic E-state index is 0.